The number of rotatable bonds is 8. The molecule has 1 amide bonds. The first kappa shape index (κ1) is 23.4. The molecule has 29 heavy (non-hydrogen) atoms. The molecule has 1 saturated heterocycles. The van der Waals surface area contributed by atoms with E-state index in [1.54, 1.807) is 6.07 Å². The van der Waals surface area contributed by atoms with Crippen LogP contribution in [-0.4, -0.2) is 55.5 Å². The lowest BCUT2D eigenvalue weighted by molar-refractivity contribution is -0.123. The van der Waals surface area contributed by atoms with Crippen LogP contribution in [0.2, 0.25) is 5.02 Å². The van der Waals surface area contributed by atoms with Crippen LogP contribution in [0.1, 0.15) is 39.2 Å². The lowest BCUT2D eigenvalue weighted by Crippen LogP contribution is -2.51. The number of hydrogen-bond donors (Lipinski definition) is 3. The summed E-state index contributed by atoms with van der Waals surface area (Å²) in [5.74, 6) is 0.472. The van der Waals surface area contributed by atoms with Crippen LogP contribution in [0.3, 0.4) is 0 Å². The van der Waals surface area contributed by atoms with Gasteiger partial charge in [0.15, 0.2) is 5.96 Å². The number of aliphatic imine (C=N–C) groups is 1. The van der Waals surface area contributed by atoms with E-state index in [4.69, 9.17) is 11.6 Å². The summed E-state index contributed by atoms with van der Waals surface area (Å²) in [5.41, 5.74) is 0.940. The number of piperidine rings is 1. The van der Waals surface area contributed by atoms with Gasteiger partial charge in [-0.3, -0.25) is 14.7 Å². The Morgan fingerprint density at radius 3 is 2.86 bits per heavy atom. The summed E-state index contributed by atoms with van der Waals surface area (Å²) >= 11 is 6.18. The van der Waals surface area contributed by atoms with E-state index in [-0.39, 0.29) is 23.7 Å². The molecule has 2 rings (SSSR count). The zero-order chi connectivity index (χ0) is 21.2. The number of carbonyl (C=O) groups excluding carboxylic acids is 1. The van der Waals surface area contributed by atoms with Crippen molar-refractivity contribution in [2.24, 2.45) is 10.9 Å². The predicted molar refractivity (Wildman–Crippen MR) is 117 cm³/mol. The fraction of sp³-hybridized carbons (Fsp3) is 0.619. The molecular weight excluding hydrogens is 393 g/mol. The smallest absolute Gasteiger partial charge is 0.222 e. The fourth-order valence-electron chi connectivity index (χ4n) is 3.27. The third-order valence-corrected chi connectivity index (χ3v) is 5.16. The first-order valence-electron chi connectivity index (χ1n) is 10.4. The predicted octanol–water partition coefficient (Wildman–Crippen LogP) is 2.77. The van der Waals surface area contributed by atoms with Crippen LogP contribution in [0.15, 0.2) is 23.2 Å². The minimum absolute atomic E-state index is 0.0202. The molecular formula is C21H33ClFN5O. The molecule has 0 radical (unpaired) electrons. The number of carbonyl (C=O) groups is 1. The zero-order valence-corrected chi connectivity index (χ0v) is 18.4. The summed E-state index contributed by atoms with van der Waals surface area (Å²) < 4.78 is 13.3. The average molecular weight is 426 g/mol. The number of hydrogen-bond acceptors (Lipinski definition) is 3. The minimum atomic E-state index is -0.312. The summed E-state index contributed by atoms with van der Waals surface area (Å²) in [6, 6.07) is 4.84. The SMILES string of the molecule is CCNC(=NCCNC(=O)C(C)C)NC1CCCN(Cc2ccc(F)cc2Cl)C1. The van der Waals surface area contributed by atoms with Gasteiger partial charge >= 0.3 is 0 Å². The molecule has 0 spiro atoms. The Bertz CT molecular complexity index is 698. The molecule has 162 valence electrons. The van der Waals surface area contributed by atoms with Crippen LogP contribution in [0.4, 0.5) is 4.39 Å². The number of nitrogens with one attached hydrogen (secondary N) is 3. The number of amides is 1. The molecule has 0 saturated carbocycles. The van der Waals surface area contributed by atoms with Crippen LogP contribution in [0, 0.1) is 11.7 Å². The Balaban J connectivity index is 1.86. The highest BCUT2D eigenvalue weighted by molar-refractivity contribution is 6.31. The van der Waals surface area contributed by atoms with Crippen LogP contribution in [0.5, 0.6) is 0 Å². The molecule has 8 heteroatoms. The standard InChI is InChI=1S/C21H33ClFN5O/c1-4-24-21(26-10-9-25-20(29)15(2)3)27-18-6-5-11-28(14-18)13-16-7-8-17(23)12-19(16)22/h7-8,12,15,18H,4-6,9-11,13-14H2,1-3H3,(H,25,29)(H2,24,26,27). The second-order valence-electron chi connectivity index (χ2n) is 7.66. The second-order valence-corrected chi connectivity index (χ2v) is 8.07. The van der Waals surface area contributed by atoms with Crippen LogP contribution in [-0.2, 0) is 11.3 Å². The molecule has 1 unspecified atom stereocenters. The Morgan fingerprint density at radius 1 is 1.38 bits per heavy atom. The Labute approximate surface area is 178 Å². The maximum absolute atomic E-state index is 13.3. The van der Waals surface area contributed by atoms with Crippen LogP contribution < -0.4 is 16.0 Å². The van der Waals surface area contributed by atoms with Crippen molar-refractivity contribution in [3.63, 3.8) is 0 Å². The van der Waals surface area contributed by atoms with Gasteiger partial charge in [-0.15, -0.1) is 0 Å². The van der Waals surface area contributed by atoms with Crippen molar-refractivity contribution in [3.05, 3.63) is 34.6 Å². The van der Waals surface area contributed by atoms with Gasteiger partial charge in [-0.25, -0.2) is 4.39 Å². The van der Waals surface area contributed by atoms with Gasteiger partial charge in [0.1, 0.15) is 5.82 Å². The lowest BCUT2D eigenvalue weighted by atomic mass is 10.0. The maximum Gasteiger partial charge on any atom is 0.222 e. The highest BCUT2D eigenvalue weighted by Gasteiger charge is 2.21. The molecule has 0 aliphatic carbocycles. The first-order chi connectivity index (χ1) is 13.9. The fourth-order valence-corrected chi connectivity index (χ4v) is 3.50. The summed E-state index contributed by atoms with van der Waals surface area (Å²) in [7, 11) is 0. The van der Waals surface area contributed by atoms with E-state index in [0.29, 0.717) is 24.7 Å². The van der Waals surface area contributed by atoms with Crippen LogP contribution >= 0.6 is 11.6 Å². The van der Waals surface area contributed by atoms with Crippen molar-refractivity contribution in [2.75, 3.05) is 32.7 Å². The highest BCUT2D eigenvalue weighted by atomic mass is 35.5. The van der Waals surface area contributed by atoms with Gasteiger partial charge in [-0.1, -0.05) is 31.5 Å². The zero-order valence-electron chi connectivity index (χ0n) is 17.6. The number of guanidine groups is 1. The Morgan fingerprint density at radius 2 is 2.17 bits per heavy atom. The van der Waals surface area contributed by atoms with Gasteiger partial charge in [0, 0.05) is 43.2 Å². The van der Waals surface area contributed by atoms with E-state index in [9.17, 15) is 9.18 Å². The van der Waals surface area contributed by atoms with E-state index in [1.807, 2.05) is 20.8 Å². The average Bonchev–Trinajstić information content (AvgIpc) is 2.67. The number of benzene rings is 1. The number of likely N-dealkylation sites (tertiary alicyclic amines) is 1. The van der Waals surface area contributed by atoms with Crippen molar-refractivity contribution < 1.29 is 9.18 Å². The third-order valence-electron chi connectivity index (χ3n) is 4.80. The molecule has 1 aromatic carbocycles. The third kappa shape index (κ3) is 8.19. The van der Waals surface area contributed by atoms with E-state index in [2.05, 4.69) is 25.8 Å². The summed E-state index contributed by atoms with van der Waals surface area (Å²) in [4.78, 5) is 18.5. The molecule has 1 heterocycles. The Hall–Kier alpha value is -1.86. The van der Waals surface area contributed by atoms with Gasteiger partial charge in [0.2, 0.25) is 5.91 Å². The number of halogens is 2. The van der Waals surface area contributed by atoms with Crippen molar-refractivity contribution in [1.82, 2.24) is 20.9 Å². The second kappa shape index (κ2) is 12.0. The summed E-state index contributed by atoms with van der Waals surface area (Å²) in [6.07, 6.45) is 2.13. The largest absolute Gasteiger partial charge is 0.357 e. The minimum Gasteiger partial charge on any atom is -0.357 e. The van der Waals surface area contributed by atoms with Gasteiger partial charge in [-0.2, -0.15) is 0 Å². The first-order valence-corrected chi connectivity index (χ1v) is 10.8. The van der Waals surface area contributed by atoms with E-state index in [1.165, 1.54) is 12.1 Å². The lowest BCUT2D eigenvalue weighted by Gasteiger charge is -2.34. The molecule has 1 aromatic rings. The maximum atomic E-state index is 13.3. The summed E-state index contributed by atoms with van der Waals surface area (Å²) in [5, 5.41) is 10.1. The van der Waals surface area contributed by atoms with E-state index < -0.39 is 0 Å². The van der Waals surface area contributed by atoms with Gasteiger partial charge in [0.05, 0.1) is 6.54 Å². The van der Waals surface area contributed by atoms with Crippen molar-refractivity contribution in [3.8, 4) is 0 Å². The van der Waals surface area contributed by atoms with Gasteiger partial charge in [0.25, 0.3) is 0 Å². The van der Waals surface area contributed by atoms with Crippen molar-refractivity contribution in [1.29, 1.82) is 0 Å². The molecule has 1 fully saturated rings. The highest BCUT2D eigenvalue weighted by Crippen LogP contribution is 2.21. The summed E-state index contributed by atoms with van der Waals surface area (Å²) in [6.45, 7) is 10.1. The molecule has 6 nitrogen and oxygen atoms in total. The molecule has 1 aliphatic heterocycles. The van der Waals surface area contributed by atoms with Crippen molar-refractivity contribution in [2.45, 2.75) is 46.2 Å². The van der Waals surface area contributed by atoms with E-state index >= 15 is 0 Å². The molecule has 3 N–H and O–H groups in total. The van der Waals surface area contributed by atoms with Crippen LogP contribution in [0.25, 0.3) is 0 Å². The van der Waals surface area contributed by atoms with Gasteiger partial charge < -0.3 is 16.0 Å². The van der Waals surface area contributed by atoms with Crippen molar-refractivity contribution >= 4 is 23.5 Å². The Kier molecular flexibility index (Phi) is 9.67. The van der Waals surface area contributed by atoms with E-state index in [0.717, 1.165) is 44.0 Å². The molecule has 1 atom stereocenters. The molecule has 1 aliphatic rings. The normalized spacial score (nSPS) is 18.0. The monoisotopic (exact) mass is 425 g/mol. The molecule has 0 aromatic heterocycles. The topological polar surface area (TPSA) is 68.8 Å². The van der Waals surface area contributed by atoms with Gasteiger partial charge in [-0.05, 0) is 44.0 Å². The quantitative estimate of drug-likeness (QED) is 0.340. The number of nitrogens with zero attached hydrogens (tertiary/aromatic N) is 2. The molecule has 0 bridgehead atoms.